The number of hydrogen-bond donors (Lipinski definition) is 1. The standard InChI is InChI=1S/C17H25NO/c1-13(12-19)16-7-6-15-8-9-18(17(15)10-16)11-14-4-2-3-5-14/h6-7,10,13-14,19H,2-5,8-9,11-12H2,1H3. The lowest BCUT2D eigenvalue weighted by atomic mass is 9.99. The van der Waals surface area contributed by atoms with E-state index in [0.717, 1.165) is 5.92 Å². The highest BCUT2D eigenvalue weighted by molar-refractivity contribution is 5.60. The van der Waals surface area contributed by atoms with Gasteiger partial charge in [0.05, 0.1) is 0 Å². The maximum absolute atomic E-state index is 9.32. The first-order chi connectivity index (χ1) is 9.28. The number of hydrogen-bond acceptors (Lipinski definition) is 2. The van der Waals surface area contributed by atoms with Gasteiger partial charge in [0, 0.05) is 31.3 Å². The van der Waals surface area contributed by atoms with E-state index in [1.54, 1.807) is 0 Å². The molecular formula is C17H25NO. The van der Waals surface area contributed by atoms with Gasteiger partial charge in [-0.2, -0.15) is 0 Å². The molecule has 2 aliphatic rings. The van der Waals surface area contributed by atoms with Crippen LogP contribution in [0.3, 0.4) is 0 Å². The zero-order valence-corrected chi connectivity index (χ0v) is 11.9. The van der Waals surface area contributed by atoms with E-state index in [-0.39, 0.29) is 12.5 Å². The van der Waals surface area contributed by atoms with Crippen LogP contribution in [0.4, 0.5) is 5.69 Å². The summed E-state index contributed by atoms with van der Waals surface area (Å²) in [6.45, 7) is 4.76. The van der Waals surface area contributed by atoms with Crippen molar-refractivity contribution in [3.8, 4) is 0 Å². The SMILES string of the molecule is CC(CO)c1ccc2c(c1)N(CC1CCCC1)CC2. The Morgan fingerprint density at radius 2 is 2.11 bits per heavy atom. The summed E-state index contributed by atoms with van der Waals surface area (Å²) < 4.78 is 0. The molecule has 0 saturated heterocycles. The van der Waals surface area contributed by atoms with Crippen LogP contribution < -0.4 is 4.90 Å². The monoisotopic (exact) mass is 259 g/mol. The van der Waals surface area contributed by atoms with Gasteiger partial charge >= 0.3 is 0 Å². The third kappa shape index (κ3) is 2.64. The fraction of sp³-hybridized carbons (Fsp3) is 0.647. The van der Waals surface area contributed by atoms with Gasteiger partial charge in [-0.25, -0.2) is 0 Å². The molecule has 1 aromatic rings. The van der Waals surface area contributed by atoms with Crippen molar-refractivity contribution in [2.75, 3.05) is 24.6 Å². The lowest BCUT2D eigenvalue weighted by molar-refractivity contribution is 0.273. The lowest BCUT2D eigenvalue weighted by Crippen LogP contribution is -2.26. The highest BCUT2D eigenvalue weighted by Gasteiger charge is 2.24. The molecule has 104 valence electrons. The van der Waals surface area contributed by atoms with Crippen molar-refractivity contribution in [1.29, 1.82) is 0 Å². The third-order valence-electron chi connectivity index (χ3n) is 4.90. The van der Waals surface area contributed by atoms with E-state index >= 15 is 0 Å². The Balaban J connectivity index is 1.77. The second-order valence-corrected chi connectivity index (χ2v) is 6.32. The van der Waals surface area contributed by atoms with Gasteiger partial charge in [0.2, 0.25) is 0 Å². The van der Waals surface area contributed by atoms with E-state index in [9.17, 15) is 5.11 Å². The number of aliphatic hydroxyl groups is 1. The summed E-state index contributed by atoms with van der Waals surface area (Å²) in [5.41, 5.74) is 4.20. The molecule has 1 aromatic carbocycles. The van der Waals surface area contributed by atoms with Gasteiger partial charge in [0.25, 0.3) is 0 Å². The molecule has 1 N–H and O–H groups in total. The fourth-order valence-corrected chi connectivity index (χ4v) is 3.57. The average Bonchev–Trinajstić information content (AvgIpc) is 3.08. The van der Waals surface area contributed by atoms with Crippen molar-refractivity contribution < 1.29 is 5.11 Å². The summed E-state index contributed by atoms with van der Waals surface area (Å²) in [4.78, 5) is 2.58. The van der Waals surface area contributed by atoms with Crippen LogP contribution in [0.5, 0.6) is 0 Å². The van der Waals surface area contributed by atoms with Crippen LogP contribution in [0.25, 0.3) is 0 Å². The van der Waals surface area contributed by atoms with Crippen LogP contribution in [0, 0.1) is 5.92 Å². The highest BCUT2D eigenvalue weighted by Crippen LogP contribution is 2.34. The Bertz CT molecular complexity index is 437. The van der Waals surface area contributed by atoms with Gasteiger partial charge in [0.1, 0.15) is 0 Å². The highest BCUT2D eigenvalue weighted by atomic mass is 16.3. The summed E-state index contributed by atoms with van der Waals surface area (Å²) in [7, 11) is 0. The Hall–Kier alpha value is -1.02. The summed E-state index contributed by atoms with van der Waals surface area (Å²) >= 11 is 0. The van der Waals surface area contributed by atoms with Crippen LogP contribution in [-0.2, 0) is 6.42 Å². The van der Waals surface area contributed by atoms with Gasteiger partial charge in [-0.15, -0.1) is 0 Å². The molecule has 1 aliphatic carbocycles. The van der Waals surface area contributed by atoms with Gasteiger partial charge in [-0.05, 0) is 42.4 Å². The van der Waals surface area contributed by atoms with Gasteiger partial charge in [-0.1, -0.05) is 31.9 Å². The van der Waals surface area contributed by atoms with Crippen molar-refractivity contribution in [3.63, 3.8) is 0 Å². The van der Waals surface area contributed by atoms with E-state index in [2.05, 4.69) is 30.0 Å². The van der Waals surface area contributed by atoms with Crippen molar-refractivity contribution in [1.82, 2.24) is 0 Å². The number of benzene rings is 1. The number of fused-ring (bicyclic) bond motifs is 1. The molecule has 2 nitrogen and oxygen atoms in total. The third-order valence-corrected chi connectivity index (χ3v) is 4.90. The number of nitrogens with zero attached hydrogens (tertiary/aromatic N) is 1. The normalized spacial score (nSPS) is 20.8. The van der Waals surface area contributed by atoms with Crippen molar-refractivity contribution in [3.05, 3.63) is 29.3 Å². The Morgan fingerprint density at radius 3 is 2.84 bits per heavy atom. The fourth-order valence-electron chi connectivity index (χ4n) is 3.57. The number of aliphatic hydroxyl groups excluding tert-OH is 1. The zero-order valence-electron chi connectivity index (χ0n) is 11.9. The topological polar surface area (TPSA) is 23.5 Å². The molecule has 1 fully saturated rings. The minimum atomic E-state index is 0.238. The lowest BCUT2D eigenvalue weighted by Gasteiger charge is -2.24. The summed E-state index contributed by atoms with van der Waals surface area (Å²) in [6.07, 6.45) is 6.87. The maximum atomic E-state index is 9.32. The molecule has 0 spiro atoms. The van der Waals surface area contributed by atoms with E-state index in [4.69, 9.17) is 0 Å². The maximum Gasteiger partial charge on any atom is 0.0497 e. The minimum Gasteiger partial charge on any atom is -0.396 e. The Labute approximate surface area is 116 Å². The molecular weight excluding hydrogens is 234 g/mol. The van der Waals surface area contributed by atoms with E-state index in [1.807, 2.05) is 0 Å². The van der Waals surface area contributed by atoms with Crippen LogP contribution in [0.1, 0.15) is 49.7 Å². The smallest absolute Gasteiger partial charge is 0.0497 e. The molecule has 19 heavy (non-hydrogen) atoms. The largest absolute Gasteiger partial charge is 0.396 e. The van der Waals surface area contributed by atoms with Gasteiger partial charge in [-0.3, -0.25) is 0 Å². The summed E-state index contributed by atoms with van der Waals surface area (Å²) in [5.74, 6) is 1.16. The van der Waals surface area contributed by atoms with Crippen molar-refractivity contribution in [2.24, 2.45) is 5.92 Å². The molecule has 0 radical (unpaired) electrons. The Morgan fingerprint density at radius 1 is 1.32 bits per heavy atom. The molecule has 1 unspecified atom stereocenters. The van der Waals surface area contributed by atoms with Gasteiger partial charge in [0.15, 0.2) is 0 Å². The van der Waals surface area contributed by atoms with E-state index in [0.29, 0.717) is 0 Å². The molecule has 0 aromatic heterocycles. The van der Waals surface area contributed by atoms with Crippen LogP contribution in [-0.4, -0.2) is 24.8 Å². The minimum absolute atomic E-state index is 0.238. The Kier molecular flexibility index (Phi) is 3.79. The second-order valence-electron chi connectivity index (χ2n) is 6.32. The van der Waals surface area contributed by atoms with Crippen LogP contribution in [0.15, 0.2) is 18.2 Å². The second kappa shape index (κ2) is 5.54. The van der Waals surface area contributed by atoms with E-state index < -0.39 is 0 Å². The predicted octanol–water partition coefficient (Wildman–Crippen LogP) is 3.34. The number of rotatable bonds is 4. The molecule has 0 bridgehead atoms. The molecule has 2 heteroatoms. The predicted molar refractivity (Wildman–Crippen MR) is 79.8 cm³/mol. The molecule has 3 rings (SSSR count). The van der Waals surface area contributed by atoms with Crippen molar-refractivity contribution >= 4 is 5.69 Å². The molecule has 1 aliphatic heterocycles. The average molecular weight is 259 g/mol. The first kappa shape index (κ1) is 13.0. The molecule has 1 heterocycles. The quantitative estimate of drug-likeness (QED) is 0.896. The molecule has 1 atom stereocenters. The first-order valence-electron chi connectivity index (χ1n) is 7.76. The zero-order chi connectivity index (χ0) is 13.2. The van der Waals surface area contributed by atoms with Crippen molar-refractivity contribution in [2.45, 2.75) is 44.9 Å². The molecule has 0 amide bonds. The molecule has 1 saturated carbocycles. The summed E-state index contributed by atoms with van der Waals surface area (Å²) in [6, 6.07) is 6.78. The number of anilines is 1. The van der Waals surface area contributed by atoms with Gasteiger partial charge < -0.3 is 10.0 Å². The van der Waals surface area contributed by atoms with Crippen LogP contribution >= 0.6 is 0 Å². The summed E-state index contributed by atoms with van der Waals surface area (Å²) in [5, 5.41) is 9.32. The van der Waals surface area contributed by atoms with Crippen LogP contribution in [0.2, 0.25) is 0 Å². The first-order valence-corrected chi connectivity index (χ1v) is 7.76. The van der Waals surface area contributed by atoms with E-state index in [1.165, 1.54) is 62.0 Å².